The van der Waals surface area contributed by atoms with Gasteiger partial charge in [-0.3, -0.25) is 19.4 Å². The molecule has 7 N–H and O–H groups in total. The second-order valence-electron chi connectivity index (χ2n) is 10.5. The minimum Gasteiger partial charge on any atom is -0.508 e. The zero-order valence-corrected chi connectivity index (χ0v) is 20.8. The summed E-state index contributed by atoms with van der Waals surface area (Å²) in [5, 5.41) is 54.2. The molecule has 0 aliphatic heterocycles. The van der Waals surface area contributed by atoms with Gasteiger partial charge in [-0.25, -0.2) is 0 Å². The Morgan fingerprint density at radius 3 is 2.53 bits per heavy atom. The summed E-state index contributed by atoms with van der Waals surface area (Å²) in [5.41, 5.74) is 4.06. The second kappa shape index (κ2) is 8.78. The maximum Gasteiger partial charge on any atom is 0.255 e. The van der Waals surface area contributed by atoms with Crippen LogP contribution in [0.2, 0.25) is 0 Å². The van der Waals surface area contributed by atoms with E-state index in [2.05, 4.69) is 4.98 Å². The third-order valence-electron chi connectivity index (χ3n) is 8.14. The SMILES string of the molecule is CC(C)[C@@H]1C(=O)C(C(N)=O)=C(O)[C@@]2(O)C(=O)C3=C(O)c4c(O)ccc(-c5cncc(CO)c5)c4C[C@H]3C[C@@H]12. The summed E-state index contributed by atoms with van der Waals surface area (Å²) >= 11 is 0. The number of Topliss-reactive ketones (excluding diaryl/α,β-unsaturated/α-hetero) is 2. The van der Waals surface area contributed by atoms with Crippen LogP contribution in [0.25, 0.3) is 16.9 Å². The number of pyridine rings is 1. The zero-order chi connectivity index (χ0) is 27.7. The summed E-state index contributed by atoms with van der Waals surface area (Å²) in [6.07, 6.45) is 3.30. The van der Waals surface area contributed by atoms with Gasteiger partial charge in [-0.15, -0.1) is 0 Å². The van der Waals surface area contributed by atoms with E-state index in [0.29, 0.717) is 22.3 Å². The molecule has 38 heavy (non-hydrogen) atoms. The number of benzene rings is 1. The maximum atomic E-state index is 13.9. The fraction of sp³-hybridized carbons (Fsp3) is 0.357. The molecule has 0 spiro atoms. The summed E-state index contributed by atoms with van der Waals surface area (Å²) in [4.78, 5) is 43.4. The van der Waals surface area contributed by atoms with Gasteiger partial charge in [0.2, 0.25) is 5.78 Å². The summed E-state index contributed by atoms with van der Waals surface area (Å²) in [6.45, 7) is 3.19. The number of aliphatic hydroxyl groups is 4. The van der Waals surface area contributed by atoms with Gasteiger partial charge in [0.25, 0.3) is 5.91 Å². The van der Waals surface area contributed by atoms with E-state index in [4.69, 9.17) is 5.73 Å². The number of rotatable bonds is 4. The lowest BCUT2D eigenvalue weighted by atomic mass is 9.54. The number of ketones is 2. The number of phenols is 1. The number of amides is 1. The van der Waals surface area contributed by atoms with Gasteiger partial charge in [0.15, 0.2) is 11.4 Å². The lowest BCUT2D eigenvalue weighted by Gasteiger charge is -2.50. The van der Waals surface area contributed by atoms with Crippen LogP contribution in [0.1, 0.15) is 37.0 Å². The summed E-state index contributed by atoms with van der Waals surface area (Å²) in [6, 6.07) is 4.74. The maximum absolute atomic E-state index is 13.9. The number of carbonyl (C=O) groups excluding carboxylic acids is 3. The lowest BCUT2D eigenvalue weighted by Crippen LogP contribution is -2.62. The van der Waals surface area contributed by atoms with Gasteiger partial charge >= 0.3 is 0 Å². The number of nitrogens with two attached hydrogens (primary N) is 1. The smallest absolute Gasteiger partial charge is 0.255 e. The highest BCUT2D eigenvalue weighted by Crippen LogP contribution is 2.55. The molecule has 2 aromatic rings. The molecular weight excluding hydrogens is 492 g/mol. The van der Waals surface area contributed by atoms with Crippen LogP contribution in [0.3, 0.4) is 0 Å². The van der Waals surface area contributed by atoms with Gasteiger partial charge in [-0.2, -0.15) is 0 Å². The average molecular weight is 521 g/mol. The molecule has 0 saturated heterocycles. The quantitative estimate of drug-likeness (QED) is 0.327. The number of hydrogen-bond donors (Lipinski definition) is 6. The number of fused-ring (bicyclic) bond motifs is 3. The van der Waals surface area contributed by atoms with Crippen molar-refractivity contribution in [2.75, 3.05) is 0 Å². The minimum absolute atomic E-state index is 0.00411. The summed E-state index contributed by atoms with van der Waals surface area (Å²) in [7, 11) is 0. The molecule has 0 bridgehead atoms. The van der Waals surface area contributed by atoms with E-state index in [-0.39, 0.29) is 36.3 Å². The molecule has 3 aliphatic rings. The molecule has 4 atom stereocenters. The van der Waals surface area contributed by atoms with Crippen LogP contribution in [0, 0.1) is 23.7 Å². The fourth-order valence-electron chi connectivity index (χ4n) is 6.48. The number of aliphatic hydroxyl groups excluding tert-OH is 3. The summed E-state index contributed by atoms with van der Waals surface area (Å²) in [5.74, 6) is -8.10. The Morgan fingerprint density at radius 2 is 1.89 bits per heavy atom. The van der Waals surface area contributed by atoms with Crippen LogP contribution < -0.4 is 5.73 Å². The first-order valence-corrected chi connectivity index (χ1v) is 12.3. The number of hydrogen-bond acceptors (Lipinski definition) is 9. The Kier molecular flexibility index (Phi) is 5.92. The Labute approximate surface area is 217 Å². The topological polar surface area (TPSA) is 191 Å². The monoisotopic (exact) mass is 520 g/mol. The molecule has 1 aromatic carbocycles. The van der Waals surface area contributed by atoms with Gasteiger partial charge in [-0.05, 0) is 53.5 Å². The molecule has 198 valence electrons. The Morgan fingerprint density at radius 1 is 1.18 bits per heavy atom. The molecule has 1 saturated carbocycles. The van der Waals surface area contributed by atoms with Crippen molar-refractivity contribution in [2.24, 2.45) is 29.4 Å². The lowest BCUT2D eigenvalue weighted by molar-refractivity contribution is -0.155. The molecule has 1 fully saturated rings. The molecular formula is C28H28N2O8. The van der Waals surface area contributed by atoms with Crippen molar-refractivity contribution in [3.63, 3.8) is 0 Å². The van der Waals surface area contributed by atoms with E-state index in [1.165, 1.54) is 12.3 Å². The number of aromatic nitrogens is 1. The second-order valence-corrected chi connectivity index (χ2v) is 10.5. The highest BCUT2D eigenvalue weighted by Gasteiger charge is 2.64. The number of carbonyl (C=O) groups is 3. The van der Waals surface area contributed by atoms with Crippen molar-refractivity contribution in [1.82, 2.24) is 4.98 Å². The number of primary amides is 1. The Bertz CT molecular complexity index is 1470. The standard InChI is InChI=1S/C28H28N2O8/c1-11(2)19-17-7-13-6-16-15(14-5-12(10-31)8-30-9-14)3-4-18(32)21(16)24(34)20(13)25(35)28(17,38)26(36)22(23(19)33)27(29)37/h3-5,8-9,11,13,17,19,31-32,34,36,38H,6-7,10H2,1-2H3,(H2,29,37)/t13-,17-,19-,28-/m0/s1. The van der Waals surface area contributed by atoms with E-state index >= 15 is 0 Å². The van der Waals surface area contributed by atoms with Crippen molar-refractivity contribution in [3.05, 3.63) is 64.2 Å². The van der Waals surface area contributed by atoms with Crippen LogP contribution in [-0.4, -0.2) is 53.6 Å². The fourth-order valence-corrected chi connectivity index (χ4v) is 6.48. The largest absolute Gasteiger partial charge is 0.508 e. The van der Waals surface area contributed by atoms with E-state index in [9.17, 15) is 39.9 Å². The molecule has 0 unspecified atom stereocenters. The van der Waals surface area contributed by atoms with Crippen molar-refractivity contribution in [3.8, 4) is 16.9 Å². The highest BCUT2D eigenvalue weighted by atomic mass is 16.3. The zero-order valence-electron chi connectivity index (χ0n) is 20.8. The molecule has 3 aliphatic carbocycles. The van der Waals surface area contributed by atoms with Crippen molar-refractivity contribution < 1.29 is 39.9 Å². The van der Waals surface area contributed by atoms with E-state index < -0.39 is 63.8 Å². The van der Waals surface area contributed by atoms with Gasteiger partial charge in [0, 0.05) is 35.4 Å². The minimum atomic E-state index is -2.64. The van der Waals surface area contributed by atoms with Crippen molar-refractivity contribution in [1.29, 1.82) is 0 Å². The molecule has 0 radical (unpaired) electrons. The van der Waals surface area contributed by atoms with Crippen molar-refractivity contribution in [2.45, 2.75) is 38.9 Å². The first-order valence-electron chi connectivity index (χ1n) is 12.3. The van der Waals surface area contributed by atoms with Crippen LogP contribution in [-0.2, 0) is 27.4 Å². The number of aromatic hydroxyl groups is 1. The Hall–Kier alpha value is -4.02. The first-order chi connectivity index (χ1) is 17.9. The number of phenolic OH excluding ortho intramolecular Hbond substituents is 1. The van der Waals surface area contributed by atoms with Crippen LogP contribution in [0.4, 0.5) is 0 Å². The van der Waals surface area contributed by atoms with Crippen molar-refractivity contribution >= 4 is 23.2 Å². The normalized spacial score (nSPS) is 26.8. The van der Waals surface area contributed by atoms with Crippen LogP contribution >= 0.6 is 0 Å². The first kappa shape index (κ1) is 25.6. The van der Waals surface area contributed by atoms with E-state index in [1.807, 2.05) is 0 Å². The average Bonchev–Trinajstić information content (AvgIpc) is 2.86. The predicted octanol–water partition coefficient (Wildman–Crippen LogP) is 1.86. The van der Waals surface area contributed by atoms with E-state index in [1.54, 1.807) is 32.2 Å². The molecule has 1 aromatic heterocycles. The third kappa shape index (κ3) is 3.40. The van der Waals surface area contributed by atoms with Gasteiger partial charge < -0.3 is 31.3 Å². The molecule has 1 amide bonds. The number of nitrogens with zero attached hydrogens (tertiary/aromatic N) is 1. The third-order valence-corrected chi connectivity index (χ3v) is 8.14. The van der Waals surface area contributed by atoms with E-state index in [0.717, 1.165) is 0 Å². The van der Waals surface area contributed by atoms with Gasteiger partial charge in [-0.1, -0.05) is 19.9 Å². The van der Waals surface area contributed by atoms with Gasteiger partial charge in [0.05, 0.1) is 12.2 Å². The molecule has 1 heterocycles. The molecule has 10 heteroatoms. The van der Waals surface area contributed by atoms with Crippen LogP contribution in [0.15, 0.2) is 47.5 Å². The van der Waals surface area contributed by atoms with Gasteiger partial charge in [0.1, 0.15) is 22.8 Å². The Balaban J connectivity index is 1.73. The predicted molar refractivity (Wildman–Crippen MR) is 134 cm³/mol. The summed E-state index contributed by atoms with van der Waals surface area (Å²) < 4.78 is 0. The van der Waals surface area contributed by atoms with Crippen LogP contribution in [0.5, 0.6) is 5.75 Å². The highest BCUT2D eigenvalue weighted by molar-refractivity contribution is 6.23. The molecule has 5 rings (SSSR count). The molecule has 10 nitrogen and oxygen atoms in total.